The molecule has 0 atom stereocenters. The number of aromatic nitrogens is 3. The van der Waals surface area contributed by atoms with Crippen LogP contribution in [0.2, 0.25) is 15.1 Å². The SMILES string of the molecule is O=C(Nc1n[nH]c(C(F)(F)F)n1)c1sc2cc(Cl)cc(Cl)c2c1Cl. The summed E-state index contributed by atoms with van der Waals surface area (Å²) in [7, 11) is 0. The van der Waals surface area contributed by atoms with Crippen molar-refractivity contribution in [2.45, 2.75) is 6.18 Å². The van der Waals surface area contributed by atoms with Crippen LogP contribution in [0.3, 0.4) is 0 Å². The summed E-state index contributed by atoms with van der Waals surface area (Å²) in [6, 6.07) is 3.04. The van der Waals surface area contributed by atoms with Crippen molar-refractivity contribution in [3.05, 3.63) is 37.9 Å². The molecule has 0 bridgehead atoms. The Morgan fingerprint density at radius 2 is 1.96 bits per heavy atom. The average molecular weight is 416 g/mol. The van der Waals surface area contributed by atoms with Crippen molar-refractivity contribution in [2.75, 3.05) is 5.32 Å². The highest BCUT2D eigenvalue weighted by atomic mass is 35.5. The number of hydrogen-bond donors (Lipinski definition) is 2. The summed E-state index contributed by atoms with van der Waals surface area (Å²) in [5, 5.41) is 8.25. The molecule has 24 heavy (non-hydrogen) atoms. The molecule has 0 saturated carbocycles. The van der Waals surface area contributed by atoms with Gasteiger partial charge in [-0.3, -0.25) is 15.2 Å². The van der Waals surface area contributed by atoms with Gasteiger partial charge in [0.05, 0.1) is 10.0 Å². The third-order valence-electron chi connectivity index (χ3n) is 2.84. The van der Waals surface area contributed by atoms with Gasteiger partial charge in [-0.15, -0.1) is 16.4 Å². The van der Waals surface area contributed by atoms with Crippen molar-refractivity contribution in [3.63, 3.8) is 0 Å². The molecule has 0 aliphatic rings. The van der Waals surface area contributed by atoms with Gasteiger partial charge in [-0.25, -0.2) is 0 Å². The maximum Gasteiger partial charge on any atom is 0.451 e. The summed E-state index contributed by atoms with van der Waals surface area (Å²) < 4.78 is 37.9. The van der Waals surface area contributed by atoms with Crippen molar-refractivity contribution < 1.29 is 18.0 Å². The third-order valence-corrected chi connectivity index (χ3v) is 4.98. The molecule has 0 radical (unpaired) electrons. The quantitative estimate of drug-likeness (QED) is 0.600. The molecule has 0 aliphatic carbocycles. The lowest BCUT2D eigenvalue weighted by Crippen LogP contribution is -2.12. The number of carbonyl (C=O) groups excluding carboxylic acids is 1. The molecule has 3 aromatic rings. The number of fused-ring (bicyclic) bond motifs is 1. The highest BCUT2D eigenvalue weighted by molar-refractivity contribution is 7.21. The second kappa shape index (κ2) is 6.07. The maximum absolute atomic E-state index is 12.5. The van der Waals surface area contributed by atoms with Crippen molar-refractivity contribution in [1.29, 1.82) is 0 Å². The van der Waals surface area contributed by atoms with E-state index in [4.69, 9.17) is 34.8 Å². The first-order valence-corrected chi connectivity index (χ1v) is 8.00. The van der Waals surface area contributed by atoms with Crippen LogP contribution in [0.5, 0.6) is 0 Å². The molecule has 0 saturated heterocycles. The number of rotatable bonds is 2. The Morgan fingerprint density at radius 1 is 1.25 bits per heavy atom. The van der Waals surface area contributed by atoms with E-state index in [9.17, 15) is 18.0 Å². The second-order valence-corrected chi connectivity index (χ2v) is 6.74. The van der Waals surface area contributed by atoms with Crippen LogP contribution in [0.4, 0.5) is 19.1 Å². The minimum absolute atomic E-state index is 0.0502. The molecule has 1 amide bonds. The predicted octanol–water partition coefficient (Wildman–Crippen LogP) is 5.25. The van der Waals surface area contributed by atoms with Crippen LogP contribution >= 0.6 is 46.1 Å². The number of H-pyrrole nitrogens is 1. The molecular weight excluding hydrogens is 412 g/mol. The molecule has 2 aromatic heterocycles. The Bertz CT molecular complexity index is 953. The summed E-state index contributed by atoms with van der Waals surface area (Å²) in [5.74, 6) is -2.61. The van der Waals surface area contributed by atoms with Crippen LogP contribution in [0.1, 0.15) is 15.5 Å². The van der Waals surface area contributed by atoms with E-state index in [-0.39, 0.29) is 14.9 Å². The van der Waals surface area contributed by atoms with Gasteiger partial charge < -0.3 is 0 Å². The summed E-state index contributed by atoms with van der Waals surface area (Å²) in [4.78, 5) is 15.4. The van der Waals surface area contributed by atoms with Crippen LogP contribution in [0.15, 0.2) is 12.1 Å². The normalized spacial score (nSPS) is 11.9. The predicted molar refractivity (Wildman–Crippen MR) is 86.2 cm³/mol. The molecule has 0 unspecified atom stereocenters. The zero-order chi connectivity index (χ0) is 17.6. The molecular formula is C12H4Cl3F3N4OS. The van der Waals surface area contributed by atoms with Gasteiger partial charge in [0.2, 0.25) is 11.8 Å². The molecule has 1 aromatic carbocycles. The molecule has 12 heteroatoms. The van der Waals surface area contributed by atoms with Crippen molar-refractivity contribution in [1.82, 2.24) is 15.2 Å². The summed E-state index contributed by atoms with van der Waals surface area (Å²) >= 11 is 19.1. The van der Waals surface area contributed by atoms with Gasteiger partial charge in [-0.2, -0.15) is 18.2 Å². The molecule has 3 rings (SSSR count). The first-order valence-electron chi connectivity index (χ1n) is 6.05. The number of carbonyl (C=O) groups is 1. The summed E-state index contributed by atoms with van der Waals surface area (Å²) in [6.45, 7) is 0. The number of thiophene rings is 1. The van der Waals surface area contributed by atoms with Gasteiger partial charge in [0.25, 0.3) is 5.91 Å². The van der Waals surface area contributed by atoms with E-state index in [1.165, 1.54) is 6.07 Å². The molecule has 2 N–H and O–H groups in total. The van der Waals surface area contributed by atoms with Gasteiger partial charge in [-0.05, 0) is 12.1 Å². The number of halogens is 6. The average Bonchev–Trinajstić information content (AvgIpc) is 3.03. The Balaban J connectivity index is 1.93. The zero-order valence-corrected chi connectivity index (χ0v) is 14.2. The van der Waals surface area contributed by atoms with E-state index >= 15 is 0 Å². The summed E-state index contributed by atoms with van der Waals surface area (Å²) in [5.41, 5.74) is 0. The standard InChI is InChI=1S/C12H4Cl3F3N4OS/c13-3-1-4(14)6-5(2-3)24-8(7(6)15)9(23)19-11-20-10(21-22-11)12(16,17)18/h1-2H,(H2,19,20,21,22,23). The molecule has 0 aliphatic heterocycles. The number of aromatic amines is 1. The summed E-state index contributed by atoms with van der Waals surface area (Å²) in [6.07, 6.45) is -4.70. The van der Waals surface area contributed by atoms with Gasteiger partial charge in [0.15, 0.2) is 0 Å². The molecule has 0 fully saturated rings. The maximum atomic E-state index is 12.5. The number of amides is 1. The van der Waals surface area contributed by atoms with Gasteiger partial charge in [0, 0.05) is 15.1 Å². The number of nitrogens with zero attached hydrogens (tertiary/aromatic N) is 2. The Morgan fingerprint density at radius 3 is 2.58 bits per heavy atom. The van der Waals surface area contributed by atoms with E-state index in [2.05, 4.69) is 15.4 Å². The van der Waals surface area contributed by atoms with E-state index in [1.54, 1.807) is 11.2 Å². The van der Waals surface area contributed by atoms with Gasteiger partial charge >= 0.3 is 6.18 Å². The number of benzene rings is 1. The topological polar surface area (TPSA) is 70.7 Å². The van der Waals surface area contributed by atoms with Crippen molar-refractivity contribution in [2.24, 2.45) is 0 Å². The first kappa shape index (κ1) is 17.3. The van der Waals surface area contributed by atoms with E-state index in [0.717, 1.165) is 11.3 Å². The lowest BCUT2D eigenvalue weighted by Gasteiger charge is -2.00. The van der Waals surface area contributed by atoms with E-state index in [1.807, 2.05) is 0 Å². The monoisotopic (exact) mass is 414 g/mol. The van der Waals surface area contributed by atoms with Crippen molar-refractivity contribution in [3.8, 4) is 0 Å². The van der Waals surface area contributed by atoms with Crippen LogP contribution in [-0.4, -0.2) is 21.1 Å². The number of alkyl halides is 3. The number of anilines is 1. The fourth-order valence-electron chi connectivity index (χ4n) is 1.86. The number of hydrogen-bond acceptors (Lipinski definition) is 4. The Kier molecular flexibility index (Phi) is 4.37. The van der Waals surface area contributed by atoms with E-state index < -0.39 is 23.9 Å². The zero-order valence-electron chi connectivity index (χ0n) is 11.1. The Labute approximate surface area is 150 Å². The lowest BCUT2D eigenvalue weighted by atomic mass is 10.2. The largest absolute Gasteiger partial charge is 0.451 e. The Hall–Kier alpha value is -1.55. The first-order chi connectivity index (χ1) is 11.2. The molecule has 5 nitrogen and oxygen atoms in total. The minimum Gasteiger partial charge on any atom is -0.288 e. The van der Waals surface area contributed by atoms with Gasteiger partial charge in [-0.1, -0.05) is 34.8 Å². The highest BCUT2D eigenvalue weighted by Crippen LogP contribution is 2.41. The van der Waals surface area contributed by atoms with Crippen LogP contribution < -0.4 is 5.32 Å². The van der Waals surface area contributed by atoms with Crippen LogP contribution in [0, 0.1) is 0 Å². The van der Waals surface area contributed by atoms with Crippen LogP contribution in [-0.2, 0) is 6.18 Å². The van der Waals surface area contributed by atoms with Crippen molar-refractivity contribution >= 4 is 68.1 Å². The second-order valence-electron chi connectivity index (χ2n) is 4.47. The van der Waals surface area contributed by atoms with Crippen LogP contribution in [0.25, 0.3) is 10.1 Å². The minimum atomic E-state index is -4.70. The highest BCUT2D eigenvalue weighted by Gasteiger charge is 2.35. The fourth-order valence-corrected chi connectivity index (χ4v) is 4.13. The number of nitrogens with one attached hydrogen (secondary N) is 2. The van der Waals surface area contributed by atoms with E-state index in [0.29, 0.717) is 15.1 Å². The van der Waals surface area contributed by atoms with Gasteiger partial charge in [0.1, 0.15) is 4.88 Å². The molecule has 2 heterocycles. The molecule has 126 valence electrons. The molecule has 0 spiro atoms. The third kappa shape index (κ3) is 3.16. The smallest absolute Gasteiger partial charge is 0.288 e. The lowest BCUT2D eigenvalue weighted by molar-refractivity contribution is -0.144. The fraction of sp³-hybridized carbons (Fsp3) is 0.0833.